The summed E-state index contributed by atoms with van der Waals surface area (Å²) in [5.74, 6) is -0.908. The van der Waals surface area contributed by atoms with Crippen LogP contribution in [0.3, 0.4) is 0 Å². The first-order valence-electron chi connectivity index (χ1n) is 7.10. The number of urea groups is 1. The first kappa shape index (κ1) is 16.0. The molecule has 1 unspecified atom stereocenters. The van der Waals surface area contributed by atoms with Crippen LogP contribution in [0.1, 0.15) is 20.3 Å². The van der Waals surface area contributed by atoms with Crippen molar-refractivity contribution in [3.63, 3.8) is 0 Å². The maximum Gasteiger partial charge on any atom is 0.344 e. The summed E-state index contributed by atoms with van der Waals surface area (Å²) in [6.45, 7) is 4.59. The summed E-state index contributed by atoms with van der Waals surface area (Å²) in [5, 5.41) is 10.2. The number of amides is 4. The van der Waals surface area contributed by atoms with Gasteiger partial charge in [-0.15, -0.1) is 0 Å². The number of carbonyl (C=O) groups excluding carboxylic acids is 3. The zero-order valence-corrected chi connectivity index (χ0v) is 12.6. The van der Waals surface area contributed by atoms with E-state index >= 15 is 0 Å². The predicted molar refractivity (Wildman–Crippen MR) is 77.3 cm³/mol. The number of rotatable bonds is 7. The summed E-state index contributed by atoms with van der Waals surface area (Å²) in [6, 6.07) is 1.20. The molecule has 0 bridgehead atoms. The molecular weight excluding hydrogens is 288 g/mol. The van der Waals surface area contributed by atoms with E-state index in [4.69, 9.17) is 0 Å². The second-order valence-corrected chi connectivity index (χ2v) is 5.24. The van der Waals surface area contributed by atoms with Crippen molar-refractivity contribution >= 4 is 17.8 Å². The van der Waals surface area contributed by atoms with Crippen LogP contribution in [-0.4, -0.2) is 51.3 Å². The molecule has 4 amide bonds. The molecule has 1 atom stereocenters. The monoisotopic (exact) mass is 308 g/mol. The Morgan fingerprint density at radius 3 is 2.82 bits per heavy atom. The lowest BCUT2D eigenvalue weighted by Gasteiger charge is -2.19. The molecule has 1 saturated heterocycles. The molecule has 9 heteroatoms. The van der Waals surface area contributed by atoms with Gasteiger partial charge < -0.3 is 10.6 Å². The third-order valence-corrected chi connectivity index (χ3v) is 3.57. The van der Waals surface area contributed by atoms with Crippen LogP contribution in [0.15, 0.2) is 18.5 Å². The molecule has 0 radical (unpaired) electrons. The van der Waals surface area contributed by atoms with E-state index < -0.39 is 23.4 Å². The predicted octanol–water partition coefficient (Wildman–Crippen LogP) is -0.776. The molecular formula is C13H20N6O3. The van der Waals surface area contributed by atoms with Crippen LogP contribution in [0.2, 0.25) is 0 Å². The van der Waals surface area contributed by atoms with E-state index in [0.29, 0.717) is 19.5 Å². The van der Waals surface area contributed by atoms with E-state index in [1.807, 2.05) is 12.3 Å². The number of aromatic nitrogens is 2. The Balaban J connectivity index is 1.75. The van der Waals surface area contributed by atoms with Gasteiger partial charge in [-0.05, 0) is 19.4 Å². The van der Waals surface area contributed by atoms with Gasteiger partial charge in [0.05, 0.1) is 13.1 Å². The van der Waals surface area contributed by atoms with Crippen molar-refractivity contribution in [2.75, 3.05) is 13.1 Å². The Morgan fingerprint density at radius 2 is 2.23 bits per heavy atom. The number of imide groups is 1. The lowest BCUT2D eigenvalue weighted by Crippen LogP contribution is -2.50. The van der Waals surface area contributed by atoms with Crippen LogP contribution in [0.25, 0.3) is 0 Å². The van der Waals surface area contributed by atoms with Crippen LogP contribution < -0.4 is 16.1 Å². The van der Waals surface area contributed by atoms with Crippen molar-refractivity contribution < 1.29 is 14.4 Å². The Hall–Kier alpha value is -2.42. The second-order valence-electron chi connectivity index (χ2n) is 5.24. The van der Waals surface area contributed by atoms with Gasteiger partial charge in [0.1, 0.15) is 5.54 Å². The molecule has 0 saturated carbocycles. The van der Waals surface area contributed by atoms with Crippen LogP contribution in [0, 0.1) is 0 Å². The van der Waals surface area contributed by atoms with Crippen LogP contribution in [-0.2, 0) is 16.1 Å². The molecule has 1 aliphatic heterocycles. The molecule has 2 heterocycles. The van der Waals surface area contributed by atoms with E-state index in [1.165, 1.54) is 0 Å². The number of nitrogens with zero attached hydrogens (tertiary/aromatic N) is 3. The number of carbonyl (C=O) groups is 3. The molecule has 9 nitrogen and oxygen atoms in total. The summed E-state index contributed by atoms with van der Waals surface area (Å²) in [4.78, 5) is 35.6. The van der Waals surface area contributed by atoms with Gasteiger partial charge in [-0.1, -0.05) is 6.92 Å². The fraction of sp³-hybridized carbons (Fsp3) is 0.538. The highest BCUT2D eigenvalue weighted by atomic mass is 16.2. The highest BCUT2D eigenvalue weighted by Crippen LogP contribution is 2.18. The number of hydrogen-bond donors (Lipinski definition) is 3. The SMILES string of the molecule is CCC1(C)NC(=O)N(NC(=O)CNCCn2cccn2)C1=O. The molecule has 0 spiro atoms. The lowest BCUT2D eigenvalue weighted by atomic mass is 10.00. The molecule has 1 aliphatic rings. The molecule has 1 aromatic heterocycles. The topological polar surface area (TPSA) is 108 Å². The van der Waals surface area contributed by atoms with Crippen LogP contribution in [0.4, 0.5) is 4.79 Å². The Kier molecular flexibility index (Phi) is 4.76. The molecule has 2 rings (SSSR count). The number of hydrogen-bond acceptors (Lipinski definition) is 5. The van der Waals surface area contributed by atoms with Crippen LogP contribution in [0.5, 0.6) is 0 Å². The Bertz CT molecular complexity index is 558. The van der Waals surface area contributed by atoms with E-state index in [9.17, 15) is 14.4 Å². The summed E-state index contributed by atoms with van der Waals surface area (Å²) in [7, 11) is 0. The van der Waals surface area contributed by atoms with Gasteiger partial charge in [0.15, 0.2) is 0 Å². The Labute approximate surface area is 128 Å². The summed E-state index contributed by atoms with van der Waals surface area (Å²) < 4.78 is 1.73. The summed E-state index contributed by atoms with van der Waals surface area (Å²) in [5.41, 5.74) is 1.35. The first-order chi connectivity index (χ1) is 10.5. The van der Waals surface area contributed by atoms with Gasteiger partial charge in [0.2, 0.25) is 0 Å². The number of hydrazine groups is 1. The summed E-state index contributed by atoms with van der Waals surface area (Å²) >= 11 is 0. The quantitative estimate of drug-likeness (QED) is 0.452. The molecule has 1 fully saturated rings. The normalized spacial score (nSPS) is 21.1. The Morgan fingerprint density at radius 1 is 1.45 bits per heavy atom. The van der Waals surface area contributed by atoms with Gasteiger partial charge in [0, 0.05) is 18.9 Å². The smallest absolute Gasteiger partial charge is 0.322 e. The van der Waals surface area contributed by atoms with Crippen molar-refractivity contribution in [3.05, 3.63) is 18.5 Å². The molecule has 0 aliphatic carbocycles. The minimum atomic E-state index is -0.960. The fourth-order valence-corrected chi connectivity index (χ4v) is 2.02. The summed E-state index contributed by atoms with van der Waals surface area (Å²) in [6.07, 6.45) is 3.95. The van der Waals surface area contributed by atoms with Crippen molar-refractivity contribution in [2.24, 2.45) is 0 Å². The standard InChI is InChI=1S/C13H20N6O3/c1-3-13(2)11(21)19(12(22)16-13)17-10(20)9-14-6-8-18-7-4-5-15-18/h4-5,7,14H,3,6,8-9H2,1-2H3,(H,16,22)(H,17,20). The highest BCUT2D eigenvalue weighted by Gasteiger charge is 2.47. The van der Waals surface area contributed by atoms with Gasteiger partial charge in [-0.3, -0.25) is 19.7 Å². The van der Waals surface area contributed by atoms with Gasteiger partial charge >= 0.3 is 6.03 Å². The molecule has 0 aromatic carbocycles. The molecule has 1 aromatic rings. The third kappa shape index (κ3) is 3.42. The maximum absolute atomic E-state index is 12.1. The van der Waals surface area contributed by atoms with E-state index in [2.05, 4.69) is 21.2 Å². The first-order valence-corrected chi connectivity index (χ1v) is 7.10. The van der Waals surface area contributed by atoms with Crippen molar-refractivity contribution in [2.45, 2.75) is 32.4 Å². The van der Waals surface area contributed by atoms with Gasteiger partial charge in [-0.25, -0.2) is 4.79 Å². The second kappa shape index (κ2) is 6.56. The van der Waals surface area contributed by atoms with Crippen LogP contribution >= 0.6 is 0 Å². The van der Waals surface area contributed by atoms with Crippen molar-refractivity contribution in [3.8, 4) is 0 Å². The van der Waals surface area contributed by atoms with Gasteiger partial charge in [-0.2, -0.15) is 10.1 Å². The maximum atomic E-state index is 12.1. The highest BCUT2D eigenvalue weighted by molar-refractivity contribution is 6.07. The van der Waals surface area contributed by atoms with Gasteiger partial charge in [0.25, 0.3) is 11.8 Å². The van der Waals surface area contributed by atoms with E-state index in [-0.39, 0.29) is 6.54 Å². The molecule has 22 heavy (non-hydrogen) atoms. The van der Waals surface area contributed by atoms with E-state index in [0.717, 1.165) is 5.01 Å². The average Bonchev–Trinajstić information content (AvgIpc) is 3.07. The van der Waals surface area contributed by atoms with E-state index in [1.54, 1.807) is 24.7 Å². The number of nitrogens with one attached hydrogen (secondary N) is 3. The molecule has 120 valence electrons. The van der Waals surface area contributed by atoms with Crippen molar-refractivity contribution in [1.29, 1.82) is 0 Å². The zero-order valence-electron chi connectivity index (χ0n) is 12.6. The fourth-order valence-electron chi connectivity index (χ4n) is 2.02. The minimum Gasteiger partial charge on any atom is -0.322 e. The third-order valence-electron chi connectivity index (χ3n) is 3.57. The van der Waals surface area contributed by atoms with Crippen molar-refractivity contribution in [1.82, 2.24) is 30.8 Å². The lowest BCUT2D eigenvalue weighted by molar-refractivity contribution is -0.138. The zero-order chi connectivity index (χ0) is 16.2. The largest absolute Gasteiger partial charge is 0.344 e. The average molecular weight is 308 g/mol. The molecule has 3 N–H and O–H groups in total. The minimum absolute atomic E-state index is 0.00116.